The lowest BCUT2D eigenvalue weighted by atomic mass is 9.98. The molecule has 6 heteroatoms. The van der Waals surface area contributed by atoms with Crippen LogP contribution in [0.1, 0.15) is 20.1 Å². The number of hydrogen-bond donors (Lipinski definition) is 1. The van der Waals surface area contributed by atoms with Crippen molar-refractivity contribution >= 4 is 44.4 Å². The van der Waals surface area contributed by atoms with Crippen molar-refractivity contribution in [2.24, 2.45) is 0 Å². The lowest BCUT2D eigenvalue weighted by molar-refractivity contribution is 0.104. The number of benzene rings is 2. The lowest BCUT2D eigenvalue weighted by Gasteiger charge is -2.10. The first-order valence-corrected chi connectivity index (χ1v) is 11.8. The first-order chi connectivity index (χ1) is 15.5. The average molecular weight is 457 g/mol. The average Bonchev–Trinajstić information content (AvgIpc) is 3.47. The van der Waals surface area contributed by atoms with Gasteiger partial charge < -0.3 is 10.5 Å². The number of fused-ring (bicyclic) bond motifs is 1. The number of ether oxygens (including phenoxy) is 1. The molecule has 0 aliphatic rings. The smallest absolute Gasteiger partial charge is 0.215 e. The normalized spacial score (nSPS) is 11.1. The van der Waals surface area contributed by atoms with Gasteiger partial charge in [-0.1, -0.05) is 35.9 Å². The molecule has 3 heterocycles. The third-order valence-corrected chi connectivity index (χ3v) is 7.37. The summed E-state index contributed by atoms with van der Waals surface area (Å²) in [6.07, 6.45) is 0. The Hall–Kier alpha value is -3.48. The molecule has 0 fully saturated rings. The quantitative estimate of drug-likeness (QED) is 0.295. The first kappa shape index (κ1) is 20.4. The van der Waals surface area contributed by atoms with Crippen molar-refractivity contribution in [3.05, 3.63) is 87.4 Å². The van der Waals surface area contributed by atoms with Crippen molar-refractivity contribution in [2.75, 3.05) is 12.8 Å². The van der Waals surface area contributed by atoms with E-state index in [2.05, 4.69) is 37.3 Å². The number of carbonyl (C=O) groups excluding carboxylic acids is 1. The molecule has 0 spiro atoms. The Balaban J connectivity index is 1.75. The molecular formula is C26H20N2O2S2. The fourth-order valence-electron chi connectivity index (χ4n) is 3.68. The maximum atomic E-state index is 13.1. The van der Waals surface area contributed by atoms with E-state index in [1.165, 1.54) is 28.2 Å². The molecule has 5 rings (SSSR count). The van der Waals surface area contributed by atoms with Crippen LogP contribution in [0.25, 0.3) is 32.6 Å². The summed E-state index contributed by atoms with van der Waals surface area (Å²) in [5, 5.41) is 2.73. The van der Waals surface area contributed by atoms with E-state index in [-0.39, 0.29) is 5.78 Å². The van der Waals surface area contributed by atoms with E-state index in [9.17, 15) is 4.79 Å². The Morgan fingerprint density at radius 3 is 2.38 bits per heavy atom. The summed E-state index contributed by atoms with van der Waals surface area (Å²) in [5.74, 6) is 0.735. The van der Waals surface area contributed by atoms with Crippen LogP contribution in [0.15, 0.2) is 72.1 Å². The largest absolute Gasteiger partial charge is 0.497 e. The van der Waals surface area contributed by atoms with Crippen LogP contribution in [-0.2, 0) is 0 Å². The highest BCUT2D eigenvalue weighted by Crippen LogP contribution is 2.42. The maximum Gasteiger partial charge on any atom is 0.215 e. The van der Waals surface area contributed by atoms with Crippen LogP contribution >= 0.6 is 22.7 Å². The van der Waals surface area contributed by atoms with Crippen molar-refractivity contribution in [2.45, 2.75) is 6.92 Å². The molecule has 0 atom stereocenters. The number of aryl methyl sites for hydroxylation is 1. The zero-order valence-corrected chi connectivity index (χ0v) is 19.2. The molecule has 0 aliphatic heterocycles. The van der Waals surface area contributed by atoms with E-state index in [0.717, 1.165) is 38.4 Å². The predicted molar refractivity (Wildman–Crippen MR) is 134 cm³/mol. The van der Waals surface area contributed by atoms with Crippen LogP contribution in [0.3, 0.4) is 0 Å². The number of carbonyl (C=O) groups is 1. The second-order valence-corrected chi connectivity index (χ2v) is 9.43. The van der Waals surface area contributed by atoms with Gasteiger partial charge in [0.05, 0.1) is 23.4 Å². The van der Waals surface area contributed by atoms with Crippen molar-refractivity contribution in [1.29, 1.82) is 0 Å². The molecule has 0 saturated heterocycles. The van der Waals surface area contributed by atoms with Gasteiger partial charge in [0.2, 0.25) is 5.78 Å². The fourth-order valence-corrected chi connectivity index (χ4v) is 5.49. The van der Waals surface area contributed by atoms with Gasteiger partial charge in [0.25, 0.3) is 0 Å². The minimum absolute atomic E-state index is 0.0543. The van der Waals surface area contributed by atoms with Crippen molar-refractivity contribution in [3.63, 3.8) is 0 Å². The minimum Gasteiger partial charge on any atom is -0.497 e. The molecule has 32 heavy (non-hydrogen) atoms. The Morgan fingerprint density at radius 2 is 1.72 bits per heavy atom. The summed E-state index contributed by atoms with van der Waals surface area (Å²) < 4.78 is 5.29. The molecule has 0 bridgehead atoms. The molecule has 4 nitrogen and oxygen atoms in total. The number of thiophene rings is 2. The van der Waals surface area contributed by atoms with E-state index in [1.807, 2.05) is 41.8 Å². The highest BCUT2D eigenvalue weighted by Gasteiger charge is 2.23. The number of pyridine rings is 1. The van der Waals surface area contributed by atoms with Gasteiger partial charge in [0, 0.05) is 10.9 Å². The number of nitrogens with two attached hydrogens (primary N) is 1. The SMILES string of the molecule is COc1ccc(-c2cc(-c3ccc(C)cc3)c3c(N)c(C(=O)c4cccs4)sc3n2)cc1. The number of nitrogen functional groups attached to an aromatic ring is 1. The monoisotopic (exact) mass is 456 g/mol. The number of ketones is 1. The van der Waals surface area contributed by atoms with Gasteiger partial charge in [-0.15, -0.1) is 22.7 Å². The van der Waals surface area contributed by atoms with Crippen LogP contribution in [0.2, 0.25) is 0 Å². The van der Waals surface area contributed by atoms with Gasteiger partial charge in [-0.2, -0.15) is 0 Å². The topological polar surface area (TPSA) is 65.2 Å². The number of aromatic nitrogens is 1. The number of anilines is 1. The molecule has 0 radical (unpaired) electrons. The second-order valence-electron chi connectivity index (χ2n) is 7.48. The van der Waals surface area contributed by atoms with Crippen LogP contribution in [0.4, 0.5) is 5.69 Å². The van der Waals surface area contributed by atoms with Crippen molar-refractivity contribution in [3.8, 4) is 28.1 Å². The number of nitrogens with zero attached hydrogens (tertiary/aromatic N) is 1. The zero-order valence-electron chi connectivity index (χ0n) is 17.6. The lowest BCUT2D eigenvalue weighted by Crippen LogP contribution is -1.99. The Morgan fingerprint density at radius 1 is 1.00 bits per heavy atom. The summed E-state index contributed by atoms with van der Waals surface area (Å²) >= 11 is 2.77. The molecule has 0 unspecified atom stereocenters. The molecular weight excluding hydrogens is 436 g/mol. The molecule has 0 saturated carbocycles. The zero-order chi connectivity index (χ0) is 22.2. The summed E-state index contributed by atoms with van der Waals surface area (Å²) in [6.45, 7) is 2.06. The Labute approximate surface area is 193 Å². The maximum absolute atomic E-state index is 13.1. The first-order valence-electron chi connectivity index (χ1n) is 10.1. The van der Waals surface area contributed by atoms with E-state index in [1.54, 1.807) is 7.11 Å². The second kappa shape index (κ2) is 8.22. The summed E-state index contributed by atoms with van der Waals surface area (Å²) in [4.78, 5) is 20.0. The fraction of sp³-hybridized carbons (Fsp3) is 0.0769. The third-order valence-electron chi connectivity index (χ3n) is 5.40. The highest BCUT2D eigenvalue weighted by molar-refractivity contribution is 7.22. The van der Waals surface area contributed by atoms with Crippen LogP contribution in [0, 0.1) is 6.92 Å². The molecule has 0 aliphatic carbocycles. The molecule has 2 aromatic carbocycles. The molecule has 5 aromatic rings. The van der Waals surface area contributed by atoms with Gasteiger partial charge >= 0.3 is 0 Å². The van der Waals surface area contributed by atoms with E-state index >= 15 is 0 Å². The summed E-state index contributed by atoms with van der Waals surface area (Å²) in [7, 11) is 1.65. The number of hydrogen-bond acceptors (Lipinski definition) is 6. The van der Waals surface area contributed by atoms with Crippen molar-refractivity contribution < 1.29 is 9.53 Å². The van der Waals surface area contributed by atoms with E-state index in [4.69, 9.17) is 15.5 Å². The van der Waals surface area contributed by atoms with Gasteiger partial charge in [-0.25, -0.2) is 4.98 Å². The Kier molecular flexibility index (Phi) is 5.25. The molecule has 2 N–H and O–H groups in total. The minimum atomic E-state index is -0.0543. The van der Waals surface area contributed by atoms with Crippen LogP contribution in [-0.4, -0.2) is 17.9 Å². The molecule has 158 valence electrons. The van der Waals surface area contributed by atoms with E-state index < -0.39 is 0 Å². The van der Waals surface area contributed by atoms with E-state index in [0.29, 0.717) is 15.4 Å². The van der Waals surface area contributed by atoms with Gasteiger partial charge in [0.1, 0.15) is 15.5 Å². The number of methoxy groups -OCH3 is 1. The highest BCUT2D eigenvalue weighted by atomic mass is 32.1. The van der Waals surface area contributed by atoms with Crippen molar-refractivity contribution in [1.82, 2.24) is 4.98 Å². The predicted octanol–water partition coefficient (Wildman–Crippen LogP) is 6.82. The standard InChI is InChI=1S/C26H20N2O2S2/c1-15-5-7-16(8-6-15)19-14-20(17-9-11-18(30-2)12-10-17)28-26-22(19)23(27)25(32-26)24(29)21-4-3-13-31-21/h3-14H,27H2,1-2H3. The van der Waals surface area contributed by atoms with Gasteiger partial charge in [0.15, 0.2) is 0 Å². The summed E-state index contributed by atoms with van der Waals surface area (Å²) in [5.41, 5.74) is 12.1. The van der Waals surface area contributed by atoms with Crippen LogP contribution in [0.5, 0.6) is 5.75 Å². The number of rotatable bonds is 5. The third kappa shape index (κ3) is 3.57. The Bertz CT molecular complexity index is 1420. The van der Waals surface area contributed by atoms with Crippen LogP contribution < -0.4 is 10.5 Å². The van der Waals surface area contributed by atoms with Gasteiger partial charge in [-0.3, -0.25) is 4.79 Å². The molecule has 0 amide bonds. The molecule has 3 aromatic heterocycles. The summed E-state index contributed by atoms with van der Waals surface area (Å²) in [6, 6.07) is 21.9. The van der Waals surface area contributed by atoms with Gasteiger partial charge in [-0.05, 0) is 59.8 Å².